The highest BCUT2D eigenvalue weighted by Crippen LogP contribution is 2.24. The molecule has 1 saturated heterocycles. The standard InChI is InChI=1S/C21H29FN4O2.HI/c1-3-27-19-9-8-16(13-17(19)22)14-24-21(23-2)25-15-18(20-7-6-12-28-20)26-10-4-5-11-26;/h6-9,12-13,18H,3-5,10-11,14-15H2,1-2H3,(H2,23,24,25);1H. The normalized spacial score (nSPS) is 15.6. The van der Waals surface area contributed by atoms with Gasteiger partial charge in [0, 0.05) is 20.1 Å². The lowest BCUT2D eigenvalue weighted by Gasteiger charge is -2.26. The molecule has 0 spiro atoms. The minimum absolute atomic E-state index is 0. The molecule has 2 N–H and O–H groups in total. The zero-order valence-corrected chi connectivity index (χ0v) is 19.3. The van der Waals surface area contributed by atoms with E-state index in [4.69, 9.17) is 9.15 Å². The van der Waals surface area contributed by atoms with Crippen LogP contribution in [-0.2, 0) is 6.54 Å². The van der Waals surface area contributed by atoms with Gasteiger partial charge in [-0.2, -0.15) is 0 Å². The average molecular weight is 516 g/mol. The second kappa shape index (κ2) is 12.0. The lowest BCUT2D eigenvalue weighted by atomic mass is 10.2. The Morgan fingerprint density at radius 1 is 1.28 bits per heavy atom. The van der Waals surface area contributed by atoms with Gasteiger partial charge >= 0.3 is 0 Å². The number of hydrogen-bond donors (Lipinski definition) is 2. The summed E-state index contributed by atoms with van der Waals surface area (Å²) in [5, 5.41) is 6.61. The van der Waals surface area contributed by atoms with Crippen LogP contribution in [-0.4, -0.2) is 44.1 Å². The van der Waals surface area contributed by atoms with E-state index >= 15 is 0 Å². The topological polar surface area (TPSA) is 62.0 Å². The number of guanidine groups is 1. The Labute approximate surface area is 188 Å². The molecule has 1 aliphatic rings. The fourth-order valence-corrected chi connectivity index (χ4v) is 3.47. The maximum absolute atomic E-state index is 14.0. The first-order chi connectivity index (χ1) is 13.7. The number of furan rings is 1. The van der Waals surface area contributed by atoms with Gasteiger partial charge in [0.25, 0.3) is 0 Å². The van der Waals surface area contributed by atoms with E-state index in [1.165, 1.54) is 18.9 Å². The molecule has 1 fully saturated rings. The Kier molecular flexibility index (Phi) is 9.72. The van der Waals surface area contributed by atoms with Crippen LogP contribution in [0.15, 0.2) is 46.0 Å². The van der Waals surface area contributed by atoms with Crippen molar-refractivity contribution < 1.29 is 13.5 Å². The van der Waals surface area contributed by atoms with Crippen molar-refractivity contribution in [3.8, 4) is 5.75 Å². The van der Waals surface area contributed by atoms with Gasteiger partial charge in [0.2, 0.25) is 0 Å². The lowest BCUT2D eigenvalue weighted by Crippen LogP contribution is -2.42. The third-order valence-corrected chi connectivity index (χ3v) is 4.90. The highest BCUT2D eigenvalue weighted by atomic mass is 127. The molecule has 2 aromatic rings. The van der Waals surface area contributed by atoms with Crippen molar-refractivity contribution in [2.75, 3.05) is 33.3 Å². The molecule has 1 unspecified atom stereocenters. The number of hydrogen-bond acceptors (Lipinski definition) is 4. The van der Waals surface area contributed by atoms with E-state index in [0.29, 0.717) is 25.7 Å². The molecule has 0 bridgehead atoms. The summed E-state index contributed by atoms with van der Waals surface area (Å²) in [7, 11) is 1.73. The third kappa shape index (κ3) is 6.60. The number of rotatable bonds is 8. The second-order valence-corrected chi connectivity index (χ2v) is 6.78. The summed E-state index contributed by atoms with van der Waals surface area (Å²) >= 11 is 0. The van der Waals surface area contributed by atoms with Crippen molar-refractivity contribution in [1.29, 1.82) is 0 Å². The number of benzene rings is 1. The molecule has 29 heavy (non-hydrogen) atoms. The Hall–Kier alpha value is -1.81. The molecule has 2 heterocycles. The predicted molar refractivity (Wildman–Crippen MR) is 123 cm³/mol. The van der Waals surface area contributed by atoms with Gasteiger partial charge in [-0.1, -0.05) is 6.07 Å². The molecule has 0 amide bonds. The summed E-state index contributed by atoms with van der Waals surface area (Å²) in [4.78, 5) is 6.71. The first-order valence-corrected chi connectivity index (χ1v) is 9.84. The fourth-order valence-electron chi connectivity index (χ4n) is 3.47. The van der Waals surface area contributed by atoms with Gasteiger partial charge in [-0.05, 0) is 62.7 Å². The van der Waals surface area contributed by atoms with Crippen molar-refractivity contribution in [3.63, 3.8) is 0 Å². The Bertz CT molecular complexity index is 764. The van der Waals surface area contributed by atoms with Crippen LogP contribution < -0.4 is 15.4 Å². The van der Waals surface area contributed by atoms with E-state index in [9.17, 15) is 4.39 Å². The lowest BCUT2D eigenvalue weighted by molar-refractivity contribution is 0.215. The van der Waals surface area contributed by atoms with Gasteiger partial charge in [0.1, 0.15) is 5.76 Å². The van der Waals surface area contributed by atoms with Gasteiger partial charge in [-0.3, -0.25) is 9.89 Å². The summed E-state index contributed by atoms with van der Waals surface area (Å²) in [6.45, 7) is 5.58. The molecular formula is C21H30FIN4O2. The molecule has 1 aromatic carbocycles. The Balaban J connectivity index is 0.00000300. The van der Waals surface area contributed by atoms with Crippen LogP contribution in [0.4, 0.5) is 4.39 Å². The van der Waals surface area contributed by atoms with Crippen molar-refractivity contribution in [1.82, 2.24) is 15.5 Å². The van der Waals surface area contributed by atoms with Gasteiger partial charge in [-0.25, -0.2) is 4.39 Å². The minimum Gasteiger partial charge on any atom is -0.491 e. The van der Waals surface area contributed by atoms with E-state index in [-0.39, 0.29) is 41.6 Å². The van der Waals surface area contributed by atoms with Crippen LogP contribution >= 0.6 is 24.0 Å². The summed E-state index contributed by atoms with van der Waals surface area (Å²) in [6, 6.07) is 9.10. The molecule has 160 valence electrons. The zero-order chi connectivity index (χ0) is 19.8. The molecule has 3 rings (SSSR count). The van der Waals surface area contributed by atoms with Gasteiger partial charge in [0.15, 0.2) is 17.5 Å². The summed E-state index contributed by atoms with van der Waals surface area (Å²) < 4.78 is 24.9. The second-order valence-electron chi connectivity index (χ2n) is 6.78. The molecule has 0 aliphatic carbocycles. The van der Waals surface area contributed by atoms with Gasteiger partial charge in [0.05, 0.1) is 18.9 Å². The van der Waals surface area contributed by atoms with E-state index in [1.807, 2.05) is 25.1 Å². The Morgan fingerprint density at radius 3 is 2.69 bits per heavy atom. The summed E-state index contributed by atoms with van der Waals surface area (Å²) in [5.41, 5.74) is 0.825. The number of likely N-dealkylation sites (tertiary alicyclic amines) is 1. The summed E-state index contributed by atoms with van der Waals surface area (Å²) in [6.07, 6.45) is 4.15. The van der Waals surface area contributed by atoms with Crippen LogP contribution in [0.2, 0.25) is 0 Å². The first kappa shape index (κ1) is 23.5. The van der Waals surface area contributed by atoms with Crippen molar-refractivity contribution in [2.24, 2.45) is 4.99 Å². The van der Waals surface area contributed by atoms with E-state index in [0.717, 1.165) is 24.4 Å². The molecule has 1 aliphatic heterocycles. The smallest absolute Gasteiger partial charge is 0.191 e. The van der Waals surface area contributed by atoms with Crippen LogP contribution in [0.25, 0.3) is 0 Å². The predicted octanol–water partition coefficient (Wildman–Crippen LogP) is 3.94. The quantitative estimate of drug-likeness (QED) is 0.316. The van der Waals surface area contributed by atoms with Crippen molar-refractivity contribution >= 4 is 29.9 Å². The monoisotopic (exact) mass is 516 g/mol. The minimum atomic E-state index is -0.351. The fraction of sp³-hybridized carbons (Fsp3) is 0.476. The molecule has 8 heteroatoms. The van der Waals surface area contributed by atoms with Crippen molar-refractivity contribution in [3.05, 3.63) is 53.7 Å². The average Bonchev–Trinajstić information content (AvgIpc) is 3.41. The highest BCUT2D eigenvalue weighted by Gasteiger charge is 2.25. The first-order valence-electron chi connectivity index (χ1n) is 9.84. The van der Waals surface area contributed by atoms with Crippen LogP contribution in [0.1, 0.15) is 37.1 Å². The van der Waals surface area contributed by atoms with E-state index < -0.39 is 0 Å². The Morgan fingerprint density at radius 2 is 2.07 bits per heavy atom. The largest absolute Gasteiger partial charge is 0.491 e. The maximum atomic E-state index is 14.0. The molecule has 0 saturated carbocycles. The SMILES string of the molecule is CCOc1ccc(CNC(=NC)NCC(c2ccco2)N2CCCC2)cc1F.I. The number of aliphatic imine (C=N–C) groups is 1. The number of nitrogens with zero attached hydrogens (tertiary/aromatic N) is 2. The molecule has 0 radical (unpaired) electrons. The molecule has 1 atom stereocenters. The zero-order valence-electron chi connectivity index (χ0n) is 17.0. The number of ether oxygens (including phenoxy) is 1. The van der Waals surface area contributed by atoms with E-state index in [2.05, 4.69) is 20.5 Å². The van der Waals surface area contributed by atoms with Crippen molar-refractivity contribution in [2.45, 2.75) is 32.4 Å². The maximum Gasteiger partial charge on any atom is 0.191 e. The number of nitrogens with one attached hydrogen (secondary N) is 2. The third-order valence-electron chi connectivity index (χ3n) is 4.90. The van der Waals surface area contributed by atoms with Crippen LogP contribution in [0.3, 0.4) is 0 Å². The van der Waals surface area contributed by atoms with Crippen LogP contribution in [0, 0.1) is 5.82 Å². The van der Waals surface area contributed by atoms with E-state index in [1.54, 1.807) is 19.4 Å². The molecule has 6 nitrogen and oxygen atoms in total. The van der Waals surface area contributed by atoms with Gasteiger partial charge in [-0.15, -0.1) is 24.0 Å². The molecular weight excluding hydrogens is 486 g/mol. The highest BCUT2D eigenvalue weighted by molar-refractivity contribution is 14.0. The van der Waals surface area contributed by atoms with Crippen LogP contribution in [0.5, 0.6) is 5.75 Å². The summed E-state index contributed by atoms with van der Waals surface area (Å²) in [5.74, 6) is 1.56. The molecule has 1 aromatic heterocycles. The number of halogens is 2. The van der Waals surface area contributed by atoms with Gasteiger partial charge < -0.3 is 19.8 Å².